The number of ether oxygens (including phenoxy) is 1. The maximum absolute atomic E-state index is 13.6. The monoisotopic (exact) mass is 347 g/mol. The van der Waals surface area contributed by atoms with Crippen molar-refractivity contribution in [1.29, 1.82) is 0 Å². The number of amides is 1. The summed E-state index contributed by atoms with van der Waals surface area (Å²) in [5.74, 6) is -0.781. The number of rotatable bonds is 8. The Labute approximate surface area is 126 Å². The molecule has 0 aromatic heterocycles. The van der Waals surface area contributed by atoms with E-state index in [4.69, 9.17) is 4.74 Å². The molecule has 0 aliphatic carbocycles. The molecular weight excluding hydrogens is 329 g/mol. The van der Waals surface area contributed by atoms with Crippen molar-refractivity contribution in [3.63, 3.8) is 0 Å². The molecule has 2 N–H and O–H groups in total. The topological polar surface area (TPSA) is 58.6 Å². The molecule has 20 heavy (non-hydrogen) atoms. The number of nitrogens with one attached hydrogen (secondary N) is 1. The van der Waals surface area contributed by atoms with E-state index in [-0.39, 0.29) is 37.4 Å². The van der Waals surface area contributed by atoms with E-state index in [9.17, 15) is 14.3 Å². The number of benzene rings is 1. The van der Waals surface area contributed by atoms with Gasteiger partial charge in [-0.3, -0.25) is 4.79 Å². The van der Waals surface area contributed by atoms with E-state index >= 15 is 0 Å². The Kier molecular flexibility index (Phi) is 7.72. The van der Waals surface area contributed by atoms with Crippen molar-refractivity contribution in [3.8, 4) is 0 Å². The van der Waals surface area contributed by atoms with Gasteiger partial charge in [0.1, 0.15) is 12.4 Å². The number of carbonyl (C=O) groups excluding carboxylic acids is 1. The van der Waals surface area contributed by atoms with Gasteiger partial charge in [0.25, 0.3) is 0 Å². The molecule has 1 aromatic rings. The van der Waals surface area contributed by atoms with Gasteiger partial charge in [0.2, 0.25) is 5.91 Å². The molecule has 1 aromatic carbocycles. The Bertz CT molecular complexity index is 442. The summed E-state index contributed by atoms with van der Waals surface area (Å²) in [6, 6.07) is 4.68. The first-order chi connectivity index (χ1) is 9.56. The van der Waals surface area contributed by atoms with Crippen molar-refractivity contribution in [3.05, 3.63) is 34.1 Å². The standard InChI is InChI=1S/C14H19BrFNO3/c1-2-20-9-14(19)17-7-10(8-18)5-11-6-12(15)3-4-13(11)16/h3-4,6,10,18H,2,5,7-9H2,1H3,(H,17,19). The summed E-state index contributed by atoms with van der Waals surface area (Å²) >= 11 is 3.28. The summed E-state index contributed by atoms with van der Waals surface area (Å²) in [6.45, 7) is 2.44. The van der Waals surface area contributed by atoms with Gasteiger partial charge >= 0.3 is 0 Å². The van der Waals surface area contributed by atoms with Crippen LogP contribution in [0.5, 0.6) is 0 Å². The van der Waals surface area contributed by atoms with Crippen LogP contribution in [0.4, 0.5) is 4.39 Å². The predicted molar refractivity (Wildman–Crippen MR) is 77.9 cm³/mol. The fourth-order valence-corrected chi connectivity index (χ4v) is 2.12. The molecule has 0 saturated heterocycles. The molecular formula is C14H19BrFNO3. The van der Waals surface area contributed by atoms with Crippen molar-refractivity contribution < 1.29 is 19.0 Å². The molecule has 4 nitrogen and oxygen atoms in total. The number of carbonyl (C=O) groups is 1. The van der Waals surface area contributed by atoms with E-state index < -0.39 is 0 Å². The highest BCUT2D eigenvalue weighted by atomic mass is 79.9. The van der Waals surface area contributed by atoms with E-state index in [1.165, 1.54) is 6.07 Å². The average Bonchev–Trinajstić information content (AvgIpc) is 2.44. The highest BCUT2D eigenvalue weighted by Gasteiger charge is 2.13. The Hall–Kier alpha value is -0.980. The molecule has 0 bridgehead atoms. The fourth-order valence-electron chi connectivity index (χ4n) is 1.72. The first-order valence-corrected chi connectivity index (χ1v) is 7.25. The number of halogens is 2. The van der Waals surface area contributed by atoms with Gasteiger partial charge in [0.05, 0.1) is 0 Å². The molecule has 1 unspecified atom stereocenters. The van der Waals surface area contributed by atoms with Crippen LogP contribution in [0.25, 0.3) is 0 Å². The van der Waals surface area contributed by atoms with Crippen molar-refractivity contribution in [1.82, 2.24) is 5.32 Å². The smallest absolute Gasteiger partial charge is 0.246 e. The van der Waals surface area contributed by atoms with Gasteiger partial charge in [-0.15, -0.1) is 0 Å². The molecule has 0 fully saturated rings. The first-order valence-electron chi connectivity index (χ1n) is 6.46. The summed E-state index contributed by atoms with van der Waals surface area (Å²) in [5.41, 5.74) is 0.512. The van der Waals surface area contributed by atoms with E-state index in [2.05, 4.69) is 21.2 Å². The van der Waals surface area contributed by atoms with Gasteiger partial charge in [0.15, 0.2) is 0 Å². The lowest BCUT2D eigenvalue weighted by Gasteiger charge is -2.16. The van der Waals surface area contributed by atoms with Crippen LogP contribution in [0.3, 0.4) is 0 Å². The molecule has 0 aliphatic rings. The maximum Gasteiger partial charge on any atom is 0.246 e. The maximum atomic E-state index is 13.6. The molecule has 0 radical (unpaired) electrons. The van der Waals surface area contributed by atoms with Crippen LogP contribution in [0.1, 0.15) is 12.5 Å². The SMILES string of the molecule is CCOCC(=O)NCC(CO)Cc1cc(Br)ccc1F. The Balaban J connectivity index is 2.50. The van der Waals surface area contributed by atoms with Gasteiger partial charge in [-0.1, -0.05) is 15.9 Å². The molecule has 1 atom stereocenters. The van der Waals surface area contributed by atoms with Crippen molar-refractivity contribution >= 4 is 21.8 Å². The highest BCUT2D eigenvalue weighted by molar-refractivity contribution is 9.10. The van der Waals surface area contributed by atoms with Crippen LogP contribution in [0.2, 0.25) is 0 Å². The largest absolute Gasteiger partial charge is 0.396 e. The average molecular weight is 348 g/mol. The molecule has 6 heteroatoms. The number of hydrogen-bond acceptors (Lipinski definition) is 3. The molecule has 1 amide bonds. The number of hydrogen-bond donors (Lipinski definition) is 2. The quantitative estimate of drug-likeness (QED) is 0.754. The zero-order chi connectivity index (χ0) is 15.0. The summed E-state index contributed by atoms with van der Waals surface area (Å²) in [4.78, 5) is 11.4. The third kappa shape index (κ3) is 5.98. The molecule has 0 aliphatic heterocycles. The second-order valence-corrected chi connectivity index (χ2v) is 5.35. The van der Waals surface area contributed by atoms with Crippen LogP contribution >= 0.6 is 15.9 Å². The van der Waals surface area contributed by atoms with E-state index in [1.807, 2.05) is 0 Å². The minimum atomic E-state index is -0.313. The highest BCUT2D eigenvalue weighted by Crippen LogP contribution is 2.18. The summed E-state index contributed by atoms with van der Waals surface area (Å²) < 4.78 is 19.4. The lowest BCUT2D eigenvalue weighted by atomic mass is 9.99. The Morgan fingerprint density at radius 2 is 2.30 bits per heavy atom. The Morgan fingerprint density at radius 3 is 2.95 bits per heavy atom. The van der Waals surface area contributed by atoms with Crippen molar-refractivity contribution in [2.45, 2.75) is 13.3 Å². The minimum absolute atomic E-state index is 0.000104. The van der Waals surface area contributed by atoms with E-state index in [0.29, 0.717) is 18.6 Å². The molecule has 1 rings (SSSR count). The third-order valence-electron chi connectivity index (χ3n) is 2.80. The van der Waals surface area contributed by atoms with Crippen LogP contribution in [-0.4, -0.2) is 37.4 Å². The van der Waals surface area contributed by atoms with Gasteiger partial charge in [0, 0.05) is 30.1 Å². The summed E-state index contributed by atoms with van der Waals surface area (Å²) in [5, 5.41) is 12.0. The lowest BCUT2D eigenvalue weighted by molar-refractivity contribution is -0.125. The zero-order valence-electron chi connectivity index (χ0n) is 11.4. The van der Waals surface area contributed by atoms with Gasteiger partial charge < -0.3 is 15.2 Å². The van der Waals surface area contributed by atoms with Crippen LogP contribution in [0.15, 0.2) is 22.7 Å². The normalized spacial score (nSPS) is 12.2. The second kappa shape index (κ2) is 9.05. The predicted octanol–water partition coefficient (Wildman–Crippen LogP) is 1.89. The summed E-state index contributed by atoms with van der Waals surface area (Å²) in [7, 11) is 0. The molecule has 0 heterocycles. The number of aliphatic hydroxyl groups is 1. The molecule has 0 saturated carbocycles. The summed E-state index contributed by atoms with van der Waals surface area (Å²) in [6.07, 6.45) is 0.358. The van der Waals surface area contributed by atoms with Crippen molar-refractivity contribution in [2.75, 3.05) is 26.4 Å². The van der Waals surface area contributed by atoms with Crippen LogP contribution in [-0.2, 0) is 16.0 Å². The zero-order valence-corrected chi connectivity index (χ0v) is 13.0. The van der Waals surface area contributed by atoms with Crippen molar-refractivity contribution in [2.24, 2.45) is 5.92 Å². The third-order valence-corrected chi connectivity index (χ3v) is 3.29. The molecule has 112 valence electrons. The van der Waals surface area contributed by atoms with Gasteiger partial charge in [-0.05, 0) is 37.1 Å². The van der Waals surface area contributed by atoms with E-state index in [1.54, 1.807) is 19.1 Å². The Morgan fingerprint density at radius 1 is 1.55 bits per heavy atom. The van der Waals surface area contributed by atoms with Gasteiger partial charge in [-0.2, -0.15) is 0 Å². The molecule has 0 spiro atoms. The first kappa shape index (κ1) is 17.1. The minimum Gasteiger partial charge on any atom is -0.396 e. The lowest BCUT2D eigenvalue weighted by Crippen LogP contribution is -2.34. The van der Waals surface area contributed by atoms with Crippen LogP contribution in [0, 0.1) is 11.7 Å². The van der Waals surface area contributed by atoms with Gasteiger partial charge in [-0.25, -0.2) is 4.39 Å². The van der Waals surface area contributed by atoms with E-state index in [0.717, 1.165) is 4.47 Å². The number of aliphatic hydroxyl groups excluding tert-OH is 1. The van der Waals surface area contributed by atoms with Crippen LogP contribution < -0.4 is 5.32 Å². The fraction of sp³-hybridized carbons (Fsp3) is 0.500. The second-order valence-electron chi connectivity index (χ2n) is 4.43.